The predicted molar refractivity (Wildman–Crippen MR) is 89.4 cm³/mol. The Kier molecular flexibility index (Phi) is 6.37. The van der Waals surface area contributed by atoms with Gasteiger partial charge in [0.05, 0.1) is 13.2 Å². The summed E-state index contributed by atoms with van der Waals surface area (Å²) in [5.74, 6) is -0.318. The number of esters is 1. The summed E-state index contributed by atoms with van der Waals surface area (Å²) in [6, 6.07) is 11.1. The number of halogens is 1. The average molecular weight is 330 g/mol. The van der Waals surface area contributed by atoms with Crippen LogP contribution in [-0.2, 0) is 9.53 Å². The van der Waals surface area contributed by atoms with E-state index in [9.17, 15) is 14.3 Å². The molecule has 4 nitrogen and oxygen atoms in total. The first-order chi connectivity index (χ1) is 11.6. The van der Waals surface area contributed by atoms with E-state index < -0.39 is 11.8 Å². The molecule has 126 valence electrons. The second kappa shape index (κ2) is 8.72. The maximum Gasteiger partial charge on any atom is 0.330 e. The fraction of sp³-hybridized carbons (Fsp3) is 0.211. The van der Waals surface area contributed by atoms with Gasteiger partial charge in [0.1, 0.15) is 17.3 Å². The Hall–Kier alpha value is -2.82. The molecular formula is C19H19FO4. The number of phenolic OH excluding ortho intramolecular Hbond substituents is 1. The number of hydrogen-bond acceptors (Lipinski definition) is 4. The van der Waals surface area contributed by atoms with E-state index in [4.69, 9.17) is 9.47 Å². The van der Waals surface area contributed by atoms with Crippen LogP contribution < -0.4 is 4.74 Å². The number of aromatic hydroxyl groups is 1. The highest BCUT2D eigenvalue weighted by molar-refractivity contribution is 5.81. The van der Waals surface area contributed by atoms with Crippen LogP contribution in [0.2, 0.25) is 0 Å². The van der Waals surface area contributed by atoms with Gasteiger partial charge in [0.15, 0.2) is 0 Å². The summed E-state index contributed by atoms with van der Waals surface area (Å²) < 4.78 is 24.3. The Morgan fingerprint density at radius 1 is 1.12 bits per heavy atom. The molecule has 1 N–H and O–H groups in total. The monoisotopic (exact) mass is 330 g/mol. The predicted octanol–water partition coefficient (Wildman–Crippen LogP) is 4.09. The Labute approximate surface area is 140 Å². The fourth-order valence-electron chi connectivity index (χ4n) is 2.09. The van der Waals surface area contributed by atoms with Crippen molar-refractivity contribution in [3.05, 3.63) is 60.9 Å². The largest absolute Gasteiger partial charge is 0.508 e. The van der Waals surface area contributed by atoms with Crippen molar-refractivity contribution >= 4 is 5.97 Å². The van der Waals surface area contributed by atoms with Crippen LogP contribution in [0.15, 0.2) is 55.1 Å². The quantitative estimate of drug-likeness (QED) is 0.450. The van der Waals surface area contributed by atoms with Crippen LogP contribution in [0.1, 0.15) is 12.8 Å². The van der Waals surface area contributed by atoms with Gasteiger partial charge in [0.2, 0.25) is 0 Å². The number of carbonyl (C=O) groups is 1. The zero-order valence-electron chi connectivity index (χ0n) is 13.2. The summed E-state index contributed by atoms with van der Waals surface area (Å²) in [6.45, 7) is 4.16. The van der Waals surface area contributed by atoms with E-state index >= 15 is 0 Å². The van der Waals surface area contributed by atoms with Crippen molar-refractivity contribution < 1.29 is 23.8 Å². The van der Waals surface area contributed by atoms with Gasteiger partial charge in [-0.3, -0.25) is 0 Å². The Morgan fingerprint density at radius 3 is 2.50 bits per heavy atom. The van der Waals surface area contributed by atoms with Crippen LogP contribution >= 0.6 is 0 Å². The molecule has 0 aromatic heterocycles. The van der Waals surface area contributed by atoms with Crippen molar-refractivity contribution in [3.63, 3.8) is 0 Å². The lowest BCUT2D eigenvalue weighted by Gasteiger charge is -2.08. The van der Waals surface area contributed by atoms with Crippen LogP contribution in [0.4, 0.5) is 4.39 Å². The number of phenols is 1. The molecule has 0 saturated carbocycles. The number of carbonyl (C=O) groups excluding carboxylic acids is 1. The van der Waals surface area contributed by atoms with Gasteiger partial charge in [-0.2, -0.15) is 0 Å². The Morgan fingerprint density at radius 2 is 1.83 bits per heavy atom. The molecule has 0 bridgehead atoms. The molecule has 0 heterocycles. The Bertz CT molecular complexity index is 695. The van der Waals surface area contributed by atoms with Gasteiger partial charge >= 0.3 is 5.97 Å². The first kappa shape index (κ1) is 17.5. The third kappa shape index (κ3) is 5.12. The maximum absolute atomic E-state index is 13.8. The number of ether oxygens (including phenoxy) is 2. The first-order valence-corrected chi connectivity index (χ1v) is 7.61. The molecule has 0 spiro atoms. The van der Waals surface area contributed by atoms with Gasteiger partial charge in [-0.25, -0.2) is 9.18 Å². The second-order valence-electron chi connectivity index (χ2n) is 5.12. The molecule has 0 unspecified atom stereocenters. The van der Waals surface area contributed by atoms with E-state index in [1.54, 1.807) is 24.3 Å². The summed E-state index contributed by atoms with van der Waals surface area (Å²) in [5, 5.41) is 9.24. The van der Waals surface area contributed by atoms with Crippen LogP contribution in [-0.4, -0.2) is 24.3 Å². The molecule has 2 aromatic carbocycles. The third-order valence-electron chi connectivity index (χ3n) is 3.34. The van der Waals surface area contributed by atoms with Gasteiger partial charge in [-0.1, -0.05) is 18.7 Å². The SMILES string of the molecule is C=CC(=O)OCCCCOc1ccc(-c2ccc(O)cc2F)cc1. The van der Waals surface area contributed by atoms with Crippen molar-refractivity contribution in [1.82, 2.24) is 0 Å². The molecule has 0 aliphatic carbocycles. The highest BCUT2D eigenvalue weighted by Crippen LogP contribution is 2.27. The van der Waals surface area contributed by atoms with E-state index in [0.717, 1.165) is 18.6 Å². The lowest BCUT2D eigenvalue weighted by Crippen LogP contribution is -2.04. The van der Waals surface area contributed by atoms with E-state index in [2.05, 4.69) is 6.58 Å². The lowest BCUT2D eigenvalue weighted by molar-refractivity contribution is -0.137. The number of benzene rings is 2. The fourth-order valence-corrected chi connectivity index (χ4v) is 2.09. The van der Waals surface area contributed by atoms with Crippen molar-refractivity contribution in [2.45, 2.75) is 12.8 Å². The third-order valence-corrected chi connectivity index (χ3v) is 3.34. The molecule has 0 saturated heterocycles. The number of rotatable bonds is 8. The van der Waals surface area contributed by atoms with Gasteiger partial charge in [0.25, 0.3) is 0 Å². The molecule has 24 heavy (non-hydrogen) atoms. The van der Waals surface area contributed by atoms with Crippen molar-refractivity contribution in [2.24, 2.45) is 0 Å². The van der Waals surface area contributed by atoms with Crippen LogP contribution in [0.3, 0.4) is 0 Å². The van der Waals surface area contributed by atoms with E-state index in [0.29, 0.717) is 36.5 Å². The van der Waals surface area contributed by atoms with E-state index in [-0.39, 0.29) is 5.75 Å². The smallest absolute Gasteiger partial charge is 0.330 e. The highest BCUT2D eigenvalue weighted by Gasteiger charge is 2.06. The molecular weight excluding hydrogens is 311 g/mol. The molecule has 0 aliphatic heterocycles. The Balaban J connectivity index is 1.80. The molecule has 2 rings (SSSR count). The summed E-state index contributed by atoms with van der Waals surface area (Å²) >= 11 is 0. The normalized spacial score (nSPS) is 10.2. The minimum absolute atomic E-state index is 0.102. The average Bonchev–Trinajstić information content (AvgIpc) is 2.58. The minimum atomic E-state index is -0.474. The molecule has 0 amide bonds. The summed E-state index contributed by atoms with van der Waals surface area (Å²) in [6.07, 6.45) is 2.59. The van der Waals surface area contributed by atoms with Gasteiger partial charge in [-0.15, -0.1) is 0 Å². The summed E-state index contributed by atoms with van der Waals surface area (Å²) in [5.41, 5.74) is 1.12. The van der Waals surface area contributed by atoms with E-state index in [1.807, 2.05) is 0 Å². The maximum atomic E-state index is 13.8. The molecule has 0 fully saturated rings. The number of hydrogen-bond donors (Lipinski definition) is 1. The van der Waals surface area contributed by atoms with Gasteiger partial charge < -0.3 is 14.6 Å². The minimum Gasteiger partial charge on any atom is -0.508 e. The summed E-state index contributed by atoms with van der Waals surface area (Å²) in [7, 11) is 0. The molecule has 2 aromatic rings. The van der Waals surface area contributed by atoms with E-state index in [1.165, 1.54) is 12.1 Å². The van der Waals surface area contributed by atoms with Crippen LogP contribution in [0.25, 0.3) is 11.1 Å². The molecule has 5 heteroatoms. The number of unbranched alkanes of at least 4 members (excludes halogenated alkanes) is 1. The highest BCUT2D eigenvalue weighted by atomic mass is 19.1. The molecule has 0 atom stereocenters. The second-order valence-corrected chi connectivity index (χ2v) is 5.12. The van der Waals surface area contributed by atoms with Crippen molar-refractivity contribution in [3.8, 4) is 22.6 Å². The molecule has 0 aliphatic rings. The topological polar surface area (TPSA) is 55.8 Å². The first-order valence-electron chi connectivity index (χ1n) is 7.61. The standard InChI is InChI=1S/C19H19FO4/c1-2-19(22)24-12-4-3-11-23-16-8-5-14(6-9-16)17-10-7-15(21)13-18(17)20/h2,5-10,13,21H,1,3-4,11-12H2. The molecule has 0 radical (unpaired) electrons. The van der Waals surface area contributed by atoms with Gasteiger partial charge in [0, 0.05) is 17.7 Å². The van der Waals surface area contributed by atoms with Gasteiger partial charge in [-0.05, 0) is 42.7 Å². The zero-order valence-corrected chi connectivity index (χ0v) is 13.2. The van der Waals surface area contributed by atoms with Crippen LogP contribution in [0, 0.1) is 5.82 Å². The van der Waals surface area contributed by atoms with Crippen molar-refractivity contribution in [1.29, 1.82) is 0 Å². The summed E-state index contributed by atoms with van der Waals surface area (Å²) in [4.78, 5) is 10.8. The lowest BCUT2D eigenvalue weighted by atomic mass is 10.0. The van der Waals surface area contributed by atoms with Crippen molar-refractivity contribution in [2.75, 3.05) is 13.2 Å². The zero-order chi connectivity index (χ0) is 17.4. The van der Waals surface area contributed by atoms with Crippen LogP contribution in [0.5, 0.6) is 11.5 Å².